The second-order valence-corrected chi connectivity index (χ2v) is 6.70. The summed E-state index contributed by atoms with van der Waals surface area (Å²) >= 11 is 0. The average molecular weight is 372 g/mol. The number of alkyl halides is 3. The van der Waals surface area contributed by atoms with Gasteiger partial charge in [0.05, 0.1) is 24.6 Å². The summed E-state index contributed by atoms with van der Waals surface area (Å²) in [7, 11) is 0. The van der Waals surface area contributed by atoms with E-state index < -0.39 is 48.8 Å². The Bertz CT molecular complexity index is 663. The molecule has 3 rings (SSSR count). The molecule has 1 aliphatic carbocycles. The Labute approximate surface area is 147 Å². The Kier molecular flexibility index (Phi) is 5.06. The summed E-state index contributed by atoms with van der Waals surface area (Å²) in [5.74, 6) is -2.51. The molecule has 1 aliphatic heterocycles. The fourth-order valence-corrected chi connectivity index (χ4v) is 3.66. The van der Waals surface area contributed by atoms with Gasteiger partial charge in [0.1, 0.15) is 18.8 Å². The number of fused-ring (bicyclic) bond motifs is 1. The van der Waals surface area contributed by atoms with Gasteiger partial charge in [-0.2, -0.15) is 13.2 Å². The molecule has 26 heavy (non-hydrogen) atoms. The van der Waals surface area contributed by atoms with Crippen molar-refractivity contribution < 1.29 is 32.0 Å². The van der Waals surface area contributed by atoms with Gasteiger partial charge in [-0.3, -0.25) is 19.3 Å². The minimum atomic E-state index is -4.60. The van der Waals surface area contributed by atoms with Gasteiger partial charge >= 0.3 is 6.18 Å². The largest absolute Gasteiger partial charge is 0.467 e. The van der Waals surface area contributed by atoms with E-state index in [1.165, 1.54) is 18.4 Å². The molecule has 1 saturated carbocycles. The van der Waals surface area contributed by atoms with Crippen molar-refractivity contribution >= 4 is 17.7 Å². The zero-order valence-electron chi connectivity index (χ0n) is 14.0. The monoisotopic (exact) mass is 372 g/mol. The molecule has 9 heteroatoms. The summed E-state index contributed by atoms with van der Waals surface area (Å²) in [5.41, 5.74) is 0. The van der Waals surface area contributed by atoms with Crippen LogP contribution in [0.4, 0.5) is 13.2 Å². The molecule has 2 fully saturated rings. The average Bonchev–Trinajstić information content (AvgIpc) is 3.16. The molecule has 0 radical (unpaired) electrons. The lowest BCUT2D eigenvalue weighted by Crippen LogP contribution is -2.45. The molecular formula is C17H19F3N2O4. The first-order valence-corrected chi connectivity index (χ1v) is 8.48. The van der Waals surface area contributed by atoms with Crippen molar-refractivity contribution in [1.29, 1.82) is 0 Å². The molecule has 2 unspecified atom stereocenters. The minimum absolute atomic E-state index is 0.190. The quantitative estimate of drug-likeness (QED) is 0.744. The standard InChI is InChI=1S/C17H19F3N2O4/c18-17(19,20)10-21(8-11-4-3-7-26-11)14(23)9-22-15(24)12-5-1-2-6-13(12)16(22)25/h3-4,7,12-13H,1-2,5-6,8-10H2. The lowest BCUT2D eigenvalue weighted by Gasteiger charge is -2.25. The van der Waals surface area contributed by atoms with Crippen LogP contribution in [-0.2, 0) is 20.9 Å². The number of rotatable bonds is 5. The molecular weight excluding hydrogens is 353 g/mol. The number of halogens is 3. The zero-order chi connectivity index (χ0) is 18.9. The van der Waals surface area contributed by atoms with E-state index in [-0.39, 0.29) is 12.3 Å². The molecule has 1 saturated heterocycles. The lowest BCUT2D eigenvalue weighted by atomic mass is 9.81. The molecule has 2 atom stereocenters. The van der Waals surface area contributed by atoms with Crippen molar-refractivity contribution in [3.05, 3.63) is 24.2 Å². The topological polar surface area (TPSA) is 70.8 Å². The number of likely N-dealkylation sites (tertiary alicyclic amines) is 1. The molecule has 0 aromatic carbocycles. The highest BCUT2D eigenvalue weighted by Crippen LogP contribution is 2.38. The Morgan fingerprint density at radius 3 is 2.31 bits per heavy atom. The van der Waals surface area contributed by atoms with Crippen LogP contribution in [-0.4, -0.2) is 46.8 Å². The van der Waals surface area contributed by atoms with Crippen LogP contribution in [0.15, 0.2) is 22.8 Å². The molecule has 142 valence electrons. The maximum Gasteiger partial charge on any atom is 0.406 e. The van der Waals surface area contributed by atoms with Gasteiger partial charge in [0.15, 0.2) is 0 Å². The van der Waals surface area contributed by atoms with Crippen LogP contribution >= 0.6 is 0 Å². The second-order valence-electron chi connectivity index (χ2n) is 6.70. The van der Waals surface area contributed by atoms with Crippen molar-refractivity contribution in [3.63, 3.8) is 0 Å². The third-order valence-electron chi connectivity index (χ3n) is 4.88. The maximum atomic E-state index is 12.8. The predicted molar refractivity (Wildman–Crippen MR) is 82.3 cm³/mol. The number of carbonyl (C=O) groups excluding carboxylic acids is 3. The summed E-state index contributed by atoms with van der Waals surface area (Å²) in [6.45, 7) is -2.52. The minimum Gasteiger partial charge on any atom is -0.467 e. The van der Waals surface area contributed by atoms with Gasteiger partial charge in [-0.05, 0) is 25.0 Å². The molecule has 0 N–H and O–H groups in total. The molecule has 3 amide bonds. The van der Waals surface area contributed by atoms with Crippen molar-refractivity contribution in [1.82, 2.24) is 9.80 Å². The molecule has 1 aromatic heterocycles. The van der Waals surface area contributed by atoms with Crippen LogP contribution in [0.3, 0.4) is 0 Å². The Balaban J connectivity index is 1.72. The van der Waals surface area contributed by atoms with Gasteiger partial charge in [-0.15, -0.1) is 0 Å². The summed E-state index contributed by atoms with van der Waals surface area (Å²) in [4.78, 5) is 38.6. The van der Waals surface area contributed by atoms with Gasteiger partial charge < -0.3 is 9.32 Å². The van der Waals surface area contributed by atoms with Gasteiger partial charge in [0, 0.05) is 0 Å². The van der Waals surface area contributed by atoms with Crippen LogP contribution < -0.4 is 0 Å². The zero-order valence-corrected chi connectivity index (χ0v) is 14.0. The molecule has 0 bridgehead atoms. The predicted octanol–water partition coefficient (Wildman–Crippen LogP) is 2.35. The van der Waals surface area contributed by atoms with E-state index in [1.807, 2.05) is 0 Å². The van der Waals surface area contributed by atoms with Crippen LogP contribution in [0.2, 0.25) is 0 Å². The fourth-order valence-electron chi connectivity index (χ4n) is 3.66. The summed E-state index contributed by atoms with van der Waals surface area (Å²) in [5, 5.41) is 0. The van der Waals surface area contributed by atoms with Crippen LogP contribution in [0, 0.1) is 11.8 Å². The highest BCUT2D eigenvalue weighted by molar-refractivity contribution is 6.07. The van der Waals surface area contributed by atoms with E-state index in [4.69, 9.17) is 4.42 Å². The second kappa shape index (κ2) is 7.13. The van der Waals surface area contributed by atoms with E-state index in [1.54, 1.807) is 0 Å². The van der Waals surface area contributed by atoms with Gasteiger partial charge in [0.25, 0.3) is 0 Å². The Morgan fingerprint density at radius 1 is 1.19 bits per heavy atom. The first kappa shape index (κ1) is 18.5. The number of nitrogens with zero attached hydrogens (tertiary/aromatic N) is 2. The first-order valence-electron chi connectivity index (χ1n) is 8.48. The van der Waals surface area contributed by atoms with E-state index in [9.17, 15) is 27.6 Å². The molecule has 6 nitrogen and oxygen atoms in total. The summed E-state index contributed by atoms with van der Waals surface area (Å²) in [6, 6.07) is 2.96. The maximum absolute atomic E-state index is 12.8. The SMILES string of the molecule is O=C(CN1C(=O)C2CCCCC2C1=O)N(Cc1ccco1)CC(F)(F)F. The van der Waals surface area contributed by atoms with Crippen molar-refractivity contribution in [2.24, 2.45) is 11.8 Å². The van der Waals surface area contributed by atoms with Gasteiger partial charge in [0.2, 0.25) is 17.7 Å². The molecule has 2 aliphatic rings. The van der Waals surface area contributed by atoms with Crippen LogP contribution in [0.5, 0.6) is 0 Å². The van der Waals surface area contributed by atoms with Gasteiger partial charge in [-0.25, -0.2) is 0 Å². The van der Waals surface area contributed by atoms with E-state index in [0.29, 0.717) is 17.7 Å². The van der Waals surface area contributed by atoms with Crippen molar-refractivity contribution in [2.75, 3.05) is 13.1 Å². The summed E-state index contributed by atoms with van der Waals surface area (Å²) in [6.07, 6.45) is -0.475. The lowest BCUT2D eigenvalue weighted by molar-refractivity contribution is -0.164. The smallest absolute Gasteiger partial charge is 0.406 e. The number of imide groups is 1. The Morgan fingerprint density at radius 2 is 1.81 bits per heavy atom. The highest BCUT2D eigenvalue weighted by Gasteiger charge is 2.49. The number of furan rings is 1. The molecule has 1 aromatic rings. The number of hydrogen-bond acceptors (Lipinski definition) is 4. The number of carbonyl (C=O) groups is 3. The van der Waals surface area contributed by atoms with E-state index in [2.05, 4.69) is 0 Å². The highest BCUT2D eigenvalue weighted by atomic mass is 19.4. The third kappa shape index (κ3) is 3.91. The number of hydrogen-bond donors (Lipinski definition) is 0. The van der Waals surface area contributed by atoms with Crippen LogP contribution in [0.1, 0.15) is 31.4 Å². The Hall–Kier alpha value is -2.32. The normalized spacial score (nSPS) is 23.3. The molecule has 2 heterocycles. The van der Waals surface area contributed by atoms with Gasteiger partial charge in [-0.1, -0.05) is 12.8 Å². The summed E-state index contributed by atoms with van der Waals surface area (Å²) < 4.78 is 43.5. The third-order valence-corrected chi connectivity index (χ3v) is 4.88. The van der Waals surface area contributed by atoms with Crippen molar-refractivity contribution in [2.45, 2.75) is 38.4 Å². The molecule has 0 spiro atoms. The van der Waals surface area contributed by atoms with E-state index >= 15 is 0 Å². The first-order chi connectivity index (χ1) is 12.3. The van der Waals surface area contributed by atoms with Crippen molar-refractivity contribution in [3.8, 4) is 0 Å². The number of amides is 3. The van der Waals surface area contributed by atoms with E-state index in [0.717, 1.165) is 17.7 Å². The fraction of sp³-hybridized carbons (Fsp3) is 0.588. The van der Waals surface area contributed by atoms with Crippen LogP contribution in [0.25, 0.3) is 0 Å².